The summed E-state index contributed by atoms with van der Waals surface area (Å²) in [5.74, 6) is 0.786. The van der Waals surface area contributed by atoms with Gasteiger partial charge in [-0.25, -0.2) is 18.3 Å². The molecule has 4 heteroatoms. The van der Waals surface area contributed by atoms with Crippen LogP contribution in [0.15, 0.2) is 237 Å². The number of pyridine rings is 4. The molecule has 1 fully saturated rings. The summed E-state index contributed by atoms with van der Waals surface area (Å²) >= 11 is 0. The molecule has 1 saturated carbocycles. The molecule has 0 saturated heterocycles. The number of benzene rings is 8. The van der Waals surface area contributed by atoms with Crippen LogP contribution in [0.3, 0.4) is 0 Å². The smallest absolute Gasteiger partial charge is 0.201 e. The molecule has 0 spiro atoms. The van der Waals surface area contributed by atoms with Gasteiger partial charge in [-0.05, 0) is 236 Å². The zero-order chi connectivity index (χ0) is 86.0. The fourth-order valence-electron chi connectivity index (χ4n) is 14.5. The topological polar surface area (TPSA) is 15.5 Å². The zero-order valence-electron chi connectivity index (χ0n) is 78.2. The number of hydrogen-bond donors (Lipinski definition) is 0. The summed E-state index contributed by atoms with van der Waals surface area (Å²) in [5.41, 5.74) is 26.1. The van der Waals surface area contributed by atoms with Crippen LogP contribution in [0.4, 0.5) is 0 Å². The molecule has 540 valence electrons. The van der Waals surface area contributed by atoms with Gasteiger partial charge in [0.25, 0.3) is 0 Å². The van der Waals surface area contributed by atoms with E-state index in [2.05, 4.69) is 179 Å². The van der Waals surface area contributed by atoms with Crippen LogP contribution in [0.1, 0.15) is 183 Å². The number of rotatable bonds is 12. The lowest BCUT2D eigenvalue weighted by Crippen LogP contribution is -2.33. The highest BCUT2D eigenvalue weighted by Gasteiger charge is 2.27. The minimum atomic E-state index is -2.28. The van der Waals surface area contributed by atoms with E-state index in [1.54, 1.807) is 29.1 Å². The van der Waals surface area contributed by atoms with Crippen molar-refractivity contribution < 1.29 is 34.7 Å². The third-order valence-electron chi connectivity index (χ3n) is 19.5. The normalized spacial score (nSPS) is 14.7. The average Bonchev–Trinajstić information content (AvgIpc) is 1.04. The third-order valence-corrected chi connectivity index (χ3v) is 19.5. The summed E-state index contributed by atoms with van der Waals surface area (Å²) in [6.07, 6.45) is 8.42. The van der Waals surface area contributed by atoms with E-state index in [1.165, 1.54) is 104 Å². The zero-order valence-corrected chi connectivity index (χ0v) is 66.2. The van der Waals surface area contributed by atoms with Crippen LogP contribution < -0.4 is 18.3 Å². The summed E-state index contributed by atoms with van der Waals surface area (Å²) in [7, 11) is 7.99. The molecule has 4 nitrogen and oxygen atoms in total. The van der Waals surface area contributed by atoms with Gasteiger partial charge < -0.3 is 0 Å². The predicted octanol–water partition coefficient (Wildman–Crippen LogP) is 24.6. The molecule has 0 bridgehead atoms. The fraction of sp³-hybridized carbons (Fsp3) is 0.327. The first-order valence-corrected chi connectivity index (χ1v) is 37.3. The largest absolute Gasteiger partial charge is 0.213 e. The Morgan fingerprint density at radius 1 is 0.314 bits per heavy atom. The summed E-state index contributed by atoms with van der Waals surface area (Å²) in [4.78, 5) is 0. The van der Waals surface area contributed by atoms with Crippen molar-refractivity contribution in [1.82, 2.24) is 0 Å². The lowest BCUT2D eigenvalue weighted by Gasteiger charge is -2.24. The predicted molar refractivity (Wildman–Crippen MR) is 447 cm³/mol. The van der Waals surface area contributed by atoms with E-state index in [0.29, 0.717) is 33.4 Å². The molecule has 0 unspecified atom stereocenters. The van der Waals surface area contributed by atoms with Crippen LogP contribution in [-0.2, 0) is 47.3 Å². The minimum Gasteiger partial charge on any atom is -0.201 e. The summed E-state index contributed by atoms with van der Waals surface area (Å²) in [5, 5.41) is 0. The number of aromatic nitrogens is 4. The molecule has 12 aromatic rings. The van der Waals surface area contributed by atoms with Gasteiger partial charge in [0.1, 0.15) is 28.2 Å². The van der Waals surface area contributed by atoms with Crippen molar-refractivity contribution in [3.05, 3.63) is 309 Å². The number of hydrogen-bond acceptors (Lipinski definition) is 0. The maximum atomic E-state index is 9.05. The summed E-state index contributed by atoms with van der Waals surface area (Å²) < 4.78 is 110. The van der Waals surface area contributed by atoms with Crippen molar-refractivity contribution in [3.63, 3.8) is 0 Å². The minimum absolute atomic E-state index is 0.269. The standard InChI is InChI=1S/C28H44N.2C27H26N.C19H24N/c1-20-14-21(16-26(2,3)4)12-13-24(20)25-15-22(17-27(5,6)7)23(19-29(25)11)18-28(8,9)10;2*1-19-15-20(2)26(16-24(19)22-11-7-5-8-12-22)27-17-25(21(3)18-28(27)4)23-13-9-6-10-14-23;1-14-8-10-18(15(2)12-14)19-11-9-17(13-20(19)3)16-6-4-5-7-16/h12-15,19H,16-18H2,1-11H3;2*5-18H,1-4H3;8-13,16H,4-7H2,1-3H3/q4*+1/i16D2,17D2,18D2;1D3,3D3;;. The van der Waals surface area contributed by atoms with Crippen LogP contribution >= 0.6 is 0 Å². The molecule has 1 aliphatic rings. The lowest BCUT2D eigenvalue weighted by molar-refractivity contribution is -0.661. The fourth-order valence-corrected chi connectivity index (χ4v) is 14.5. The van der Waals surface area contributed by atoms with Crippen molar-refractivity contribution in [3.8, 4) is 89.5 Å². The Labute approximate surface area is 650 Å². The van der Waals surface area contributed by atoms with Crippen LogP contribution in [0, 0.1) is 78.4 Å². The Kier molecular flexibility index (Phi) is 20.1. The molecule has 0 amide bonds. The Morgan fingerprint density at radius 3 is 1.16 bits per heavy atom. The lowest BCUT2D eigenvalue weighted by atomic mass is 9.81. The van der Waals surface area contributed by atoms with Crippen molar-refractivity contribution in [2.75, 3.05) is 0 Å². The highest BCUT2D eigenvalue weighted by molar-refractivity contribution is 5.80. The number of aryl methyl sites for hydroxylation is 13. The molecule has 0 aliphatic heterocycles. The van der Waals surface area contributed by atoms with Gasteiger partial charge in [-0.1, -0.05) is 238 Å². The van der Waals surface area contributed by atoms with Gasteiger partial charge in [0.15, 0.2) is 24.8 Å². The molecule has 1 aliphatic carbocycles. The van der Waals surface area contributed by atoms with Crippen LogP contribution in [0.5, 0.6) is 0 Å². The monoisotopic (exact) mass is 1400 g/mol. The highest BCUT2D eigenvalue weighted by atomic mass is 14.9. The molecule has 0 N–H and O–H groups in total. The van der Waals surface area contributed by atoms with Gasteiger partial charge in [-0.2, -0.15) is 0 Å². The molecular formula is C101H120N4+4. The Hall–Kier alpha value is -9.64. The average molecular weight is 1400 g/mol. The summed E-state index contributed by atoms with van der Waals surface area (Å²) in [6, 6.07) is 71.5. The molecule has 0 atom stereocenters. The first kappa shape index (κ1) is 62.7. The Morgan fingerprint density at radius 2 is 0.695 bits per heavy atom. The van der Waals surface area contributed by atoms with Crippen molar-refractivity contribution in [1.29, 1.82) is 0 Å². The van der Waals surface area contributed by atoms with E-state index in [1.807, 2.05) is 186 Å². The second kappa shape index (κ2) is 33.6. The van der Waals surface area contributed by atoms with Gasteiger partial charge in [-0.3, -0.25) is 0 Å². The first-order valence-electron chi connectivity index (χ1n) is 43.3. The third kappa shape index (κ3) is 20.3. The second-order valence-corrected chi connectivity index (χ2v) is 32.1. The van der Waals surface area contributed by atoms with E-state index in [4.69, 9.17) is 16.4 Å². The van der Waals surface area contributed by atoms with Gasteiger partial charge in [0.05, 0.1) is 0 Å². The van der Waals surface area contributed by atoms with Gasteiger partial charge in [-0.15, -0.1) is 0 Å². The van der Waals surface area contributed by atoms with Crippen molar-refractivity contribution in [2.45, 2.75) is 175 Å². The maximum absolute atomic E-state index is 9.05. The molecule has 8 aromatic carbocycles. The van der Waals surface area contributed by atoms with Crippen molar-refractivity contribution in [2.24, 2.45) is 44.4 Å². The van der Waals surface area contributed by atoms with Gasteiger partial charge >= 0.3 is 0 Å². The molecule has 4 heterocycles. The van der Waals surface area contributed by atoms with Crippen LogP contribution in [-0.4, -0.2) is 0 Å². The molecule has 105 heavy (non-hydrogen) atoms. The summed E-state index contributed by atoms with van der Waals surface area (Å²) in [6.45, 7) is 26.9. The maximum Gasteiger partial charge on any atom is 0.213 e. The van der Waals surface area contributed by atoms with Gasteiger partial charge in [0, 0.05) is 85.2 Å². The second-order valence-electron chi connectivity index (χ2n) is 32.1. The van der Waals surface area contributed by atoms with Crippen LogP contribution in [0.2, 0.25) is 0 Å². The number of nitrogens with zero attached hydrogens (tertiary/aromatic N) is 4. The first-order chi connectivity index (χ1) is 54.5. The molecular weight excluding hydrogens is 1270 g/mol. The van der Waals surface area contributed by atoms with Crippen molar-refractivity contribution >= 4 is 0 Å². The van der Waals surface area contributed by atoms with Crippen LogP contribution in [0.25, 0.3) is 89.5 Å². The van der Waals surface area contributed by atoms with E-state index >= 15 is 0 Å². The van der Waals surface area contributed by atoms with E-state index in [9.17, 15) is 0 Å². The quantitative estimate of drug-likeness (QED) is 0.108. The Bertz CT molecular complexity index is 5330. The Balaban J connectivity index is 0.000000167. The molecule has 0 radical (unpaired) electrons. The highest BCUT2D eigenvalue weighted by Crippen LogP contribution is 2.39. The van der Waals surface area contributed by atoms with E-state index < -0.39 is 49.1 Å². The molecule has 13 rings (SSSR count). The SMILES string of the molecule is Cc1cc(C)c(-c2cc(-c3ccccc3)c(C)c[n+]2C)cc1-c1ccccc1.Cc1ccc(-c2ccc(C3CCCC3)c[n+]2C)c(C)c1.[2H]C([2H])([2H])c1cc(C)c(-c2cc(-c3ccccc3)c(C([2H])([2H])[2H])c[n+]2C)cc1-c1ccccc1.[2H]C([2H])(c1ccc(-c2cc(C([2H])([2H])C(C)(C)C)c(C([2H])([2H])C(C)(C)C)c[n+]2C)c(C)c1)C(C)(C)C. The van der Waals surface area contributed by atoms with E-state index in [0.717, 1.165) is 50.7 Å². The molecule has 4 aromatic heterocycles. The van der Waals surface area contributed by atoms with E-state index in [-0.39, 0.29) is 5.56 Å². The van der Waals surface area contributed by atoms with Gasteiger partial charge in [0.2, 0.25) is 22.8 Å².